The van der Waals surface area contributed by atoms with Crippen molar-refractivity contribution in [2.75, 3.05) is 0 Å². The Morgan fingerprint density at radius 2 is 1.76 bits per heavy atom. The Balaban J connectivity index is 2.22. The standard InChI is InChI=1S/C15H9IO5/c16-21-10-3-1-8(2-4-10)13-7-12(19)15-11(18)5-9(17)6-14(15)20-13/h1-7,17-18H. The molecule has 2 aromatic carbocycles. The van der Waals surface area contributed by atoms with Crippen molar-refractivity contribution in [3.63, 3.8) is 0 Å². The van der Waals surface area contributed by atoms with Crippen molar-refractivity contribution in [1.82, 2.24) is 0 Å². The fourth-order valence-corrected chi connectivity index (χ4v) is 2.36. The van der Waals surface area contributed by atoms with E-state index in [1.54, 1.807) is 47.3 Å². The predicted molar refractivity (Wildman–Crippen MR) is 85.9 cm³/mol. The van der Waals surface area contributed by atoms with Crippen molar-refractivity contribution in [3.05, 3.63) is 52.7 Å². The molecular weight excluding hydrogens is 387 g/mol. The number of hydrogen-bond donors (Lipinski definition) is 2. The largest absolute Gasteiger partial charge is 0.508 e. The second-order valence-electron chi connectivity index (χ2n) is 4.41. The van der Waals surface area contributed by atoms with Crippen molar-refractivity contribution in [1.29, 1.82) is 0 Å². The zero-order chi connectivity index (χ0) is 15.0. The lowest BCUT2D eigenvalue weighted by Crippen LogP contribution is -2.00. The molecule has 1 aromatic heterocycles. The van der Waals surface area contributed by atoms with Gasteiger partial charge in [-0.1, -0.05) is 0 Å². The monoisotopic (exact) mass is 396 g/mol. The SMILES string of the molecule is O=c1cc(-c2ccc(OI)cc2)oc2cc(O)cc(O)c12. The lowest BCUT2D eigenvalue weighted by Gasteiger charge is -2.05. The van der Waals surface area contributed by atoms with Crippen LogP contribution < -0.4 is 8.50 Å². The summed E-state index contributed by atoms with van der Waals surface area (Å²) in [5, 5.41) is 19.3. The van der Waals surface area contributed by atoms with Gasteiger partial charge in [0.05, 0.1) is 0 Å². The van der Waals surface area contributed by atoms with E-state index < -0.39 is 0 Å². The van der Waals surface area contributed by atoms with Crippen LogP contribution in [0.5, 0.6) is 17.2 Å². The van der Waals surface area contributed by atoms with Gasteiger partial charge in [0, 0.05) is 23.8 Å². The summed E-state index contributed by atoms with van der Waals surface area (Å²) in [6.45, 7) is 0. The maximum absolute atomic E-state index is 12.1. The predicted octanol–water partition coefficient (Wildman–Crippen LogP) is 3.60. The number of benzene rings is 2. The van der Waals surface area contributed by atoms with Gasteiger partial charge in [-0.25, -0.2) is 0 Å². The van der Waals surface area contributed by atoms with Gasteiger partial charge >= 0.3 is 0 Å². The Morgan fingerprint density at radius 3 is 2.43 bits per heavy atom. The van der Waals surface area contributed by atoms with Crippen LogP contribution in [0.3, 0.4) is 0 Å². The number of hydrogen-bond acceptors (Lipinski definition) is 5. The summed E-state index contributed by atoms with van der Waals surface area (Å²) < 4.78 is 10.6. The van der Waals surface area contributed by atoms with Gasteiger partial charge in [0.25, 0.3) is 0 Å². The van der Waals surface area contributed by atoms with Crippen molar-refractivity contribution < 1.29 is 17.7 Å². The minimum atomic E-state index is -0.377. The molecule has 0 aliphatic rings. The van der Waals surface area contributed by atoms with Gasteiger partial charge in [-0.15, -0.1) is 0 Å². The van der Waals surface area contributed by atoms with Crippen LogP contribution in [-0.2, 0) is 0 Å². The van der Waals surface area contributed by atoms with E-state index in [1.165, 1.54) is 12.1 Å². The number of fused-ring (bicyclic) bond motifs is 1. The molecule has 0 radical (unpaired) electrons. The van der Waals surface area contributed by atoms with E-state index in [1.807, 2.05) is 0 Å². The summed E-state index contributed by atoms with van der Waals surface area (Å²) in [4.78, 5) is 12.1. The molecule has 0 unspecified atom stereocenters. The zero-order valence-electron chi connectivity index (χ0n) is 10.5. The van der Waals surface area contributed by atoms with Gasteiger partial charge < -0.3 is 17.7 Å². The molecule has 6 heteroatoms. The third kappa shape index (κ3) is 2.54. The Labute approximate surface area is 133 Å². The van der Waals surface area contributed by atoms with Gasteiger partial charge in [-0.05, 0) is 24.3 Å². The Kier molecular flexibility index (Phi) is 3.46. The lowest BCUT2D eigenvalue weighted by atomic mass is 10.1. The number of aromatic hydroxyl groups is 2. The summed E-state index contributed by atoms with van der Waals surface area (Å²) in [6, 6.07) is 10.7. The first kappa shape index (κ1) is 13.7. The van der Waals surface area contributed by atoms with Crippen LogP contribution in [0.2, 0.25) is 0 Å². The normalized spacial score (nSPS) is 10.7. The van der Waals surface area contributed by atoms with Crippen LogP contribution in [0, 0.1) is 0 Å². The maximum Gasteiger partial charge on any atom is 0.197 e. The molecule has 0 saturated carbocycles. The highest BCUT2D eigenvalue weighted by atomic mass is 127. The van der Waals surface area contributed by atoms with Crippen LogP contribution >= 0.6 is 23.0 Å². The van der Waals surface area contributed by atoms with Gasteiger partial charge in [0.1, 0.15) is 34.0 Å². The molecule has 3 rings (SSSR count). The molecule has 0 atom stereocenters. The fourth-order valence-electron chi connectivity index (χ4n) is 2.07. The molecule has 0 fully saturated rings. The Morgan fingerprint density at radius 1 is 1.05 bits per heavy atom. The minimum absolute atomic E-state index is 0.0452. The van der Waals surface area contributed by atoms with Crippen LogP contribution in [0.25, 0.3) is 22.3 Å². The molecule has 106 valence electrons. The van der Waals surface area contributed by atoms with E-state index in [4.69, 9.17) is 7.48 Å². The molecule has 0 spiro atoms. The van der Waals surface area contributed by atoms with Crippen LogP contribution in [0.1, 0.15) is 0 Å². The first-order valence-corrected chi connectivity index (χ1v) is 6.85. The summed E-state index contributed by atoms with van der Waals surface area (Å²) >= 11 is 1.77. The van der Waals surface area contributed by atoms with Crippen LogP contribution in [0.15, 0.2) is 51.7 Å². The number of phenols is 2. The van der Waals surface area contributed by atoms with Gasteiger partial charge in [0.15, 0.2) is 28.4 Å². The Bertz CT molecular complexity index is 868. The average Bonchev–Trinajstić information content (AvgIpc) is 2.46. The molecule has 0 aliphatic carbocycles. The first-order valence-electron chi connectivity index (χ1n) is 5.97. The molecule has 2 N–H and O–H groups in total. The minimum Gasteiger partial charge on any atom is -0.508 e. The molecule has 21 heavy (non-hydrogen) atoms. The summed E-state index contributed by atoms with van der Waals surface area (Å²) in [7, 11) is 0. The van der Waals surface area contributed by atoms with E-state index in [0.717, 1.165) is 6.07 Å². The van der Waals surface area contributed by atoms with Crippen molar-refractivity contribution in [2.45, 2.75) is 0 Å². The van der Waals surface area contributed by atoms with Gasteiger partial charge in [0.2, 0.25) is 0 Å². The molecule has 1 heterocycles. The topological polar surface area (TPSA) is 79.9 Å². The van der Waals surface area contributed by atoms with Gasteiger partial charge in [-0.3, -0.25) is 4.79 Å². The fraction of sp³-hybridized carbons (Fsp3) is 0. The molecule has 5 nitrogen and oxygen atoms in total. The van der Waals surface area contributed by atoms with Crippen LogP contribution in [-0.4, -0.2) is 10.2 Å². The van der Waals surface area contributed by atoms with E-state index in [2.05, 4.69) is 0 Å². The lowest BCUT2D eigenvalue weighted by molar-refractivity contribution is 0.452. The number of phenolic OH excluding ortho intramolecular Hbond substituents is 2. The van der Waals surface area contributed by atoms with E-state index in [0.29, 0.717) is 17.1 Å². The zero-order valence-corrected chi connectivity index (χ0v) is 12.7. The van der Waals surface area contributed by atoms with E-state index in [9.17, 15) is 15.0 Å². The molecule has 3 aromatic rings. The molecule has 0 aliphatic heterocycles. The quantitative estimate of drug-likeness (QED) is 0.648. The maximum atomic E-state index is 12.1. The second kappa shape index (κ2) is 5.28. The highest BCUT2D eigenvalue weighted by Crippen LogP contribution is 2.30. The van der Waals surface area contributed by atoms with Crippen molar-refractivity contribution >= 4 is 34.0 Å². The van der Waals surface area contributed by atoms with Gasteiger partial charge in [-0.2, -0.15) is 0 Å². The third-order valence-corrected chi connectivity index (χ3v) is 3.53. The Hall–Kier alpha value is -2.22. The van der Waals surface area contributed by atoms with Crippen LogP contribution in [0.4, 0.5) is 0 Å². The summed E-state index contributed by atoms with van der Waals surface area (Å²) in [6.07, 6.45) is 0. The number of rotatable bonds is 2. The van der Waals surface area contributed by atoms with Crippen molar-refractivity contribution in [3.8, 4) is 28.6 Å². The molecule has 0 bridgehead atoms. The average molecular weight is 396 g/mol. The summed E-state index contributed by atoms with van der Waals surface area (Å²) in [5.41, 5.74) is 0.441. The number of halogens is 1. The van der Waals surface area contributed by atoms with E-state index in [-0.39, 0.29) is 27.9 Å². The van der Waals surface area contributed by atoms with E-state index >= 15 is 0 Å². The summed E-state index contributed by atoms with van der Waals surface area (Å²) in [5.74, 6) is 0.545. The second-order valence-corrected chi connectivity index (χ2v) is 4.85. The third-order valence-electron chi connectivity index (χ3n) is 3.02. The van der Waals surface area contributed by atoms with Crippen molar-refractivity contribution in [2.24, 2.45) is 0 Å². The molecule has 0 amide bonds. The highest BCUT2D eigenvalue weighted by Gasteiger charge is 2.12. The highest BCUT2D eigenvalue weighted by molar-refractivity contribution is 14.1. The smallest absolute Gasteiger partial charge is 0.197 e. The molecular formula is C15H9IO5. The molecule has 0 saturated heterocycles. The first-order chi connectivity index (χ1) is 10.1.